The summed E-state index contributed by atoms with van der Waals surface area (Å²) in [6.07, 6.45) is 2.71. The molecule has 1 aliphatic rings. The van der Waals surface area contributed by atoms with Crippen LogP contribution in [0.1, 0.15) is 36.0 Å². The molecule has 3 rings (SSSR count). The van der Waals surface area contributed by atoms with Gasteiger partial charge in [0, 0.05) is 12.1 Å². The maximum Gasteiger partial charge on any atom is 0.404 e. The van der Waals surface area contributed by atoms with E-state index in [-0.39, 0.29) is 23.4 Å². The van der Waals surface area contributed by atoms with Crippen molar-refractivity contribution in [3.63, 3.8) is 0 Å². The standard InChI is InChI=1S/C11H8O3.C7H14N2O2/c12-9-6-5-7-3-1-2-4-8(7)10(9)11(13)14;8-5-1-3-6(4-2-5)9-7(10)11/h1-6,12H,(H,13,14);5-6,9H,1-4,8H2,(H,10,11). The van der Waals surface area contributed by atoms with Crippen molar-refractivity contribution in [3.8, 4) is 5.75 Å². The summed E-state index contributed by atoms with van der Waals surface area (Å²) in [5, 5.41) is 30.5. The van der Waals surface area contributed by atoms with Crippen molar-refractivity contribution in [3.05, 3.63) is 42.0 Å². The molecule has 2 aromatic rings. The van der Waals surface area contributed by atoms with Crippen molar-refractivity contribution in [2.24, 2.45) is 5.73 Å². The Bertz CT molecular complexity index is 754. The van der Waals surface area contributed by atoms with Crippen LogP contribution < -0.4 is 11.1 Å². The predicted molar refractivity (Wildman–Crippen MR) is 94.0 cm³/mol. The van der Waals surface area contributed by atoms with Crippen molar-refractivity contribution >= 4 is 22.8 Å². The third-order valence-corrected chi connectivity index (χ3v) is 4.22. The van der Waals surface area contributed by atoms with E-state index < -0.39 is 12.1 Å². The van der Waals surface area contributed by atoms with Crippen LogP contribution in [0.3, 0.4) is 0 Å². The fraction of sp³-hybridized carbons (Fsp3) is 0.333. The number of rotatable bonds is 2. The van der Waals surface area contributed by atoms with Gasteiger partial charge in [0.1, 0.15) is 11.3 Å². The van der Waals surface area contributed by atoms with Crippen molar-refractivity contribution in [2.45, 2.75) is 37.8 Å². The molecule has 2 aromatic carbocycles. The Morgan fingerprint density at radius 2 is 1.64 bits per heavy atom. The summed E-state index contributed by atoms with van der Waals surface area (Å²) in [5.74, 6) is -1.31. The first kappa shape index (κ1) is 18.5. The molecule has 0 unspecified atom stereocenters. The molecule has 0 saturated heterocycles. The van der Waals surface area contributed by atoms with Gasteiger partial charge >= 0.3 is 12.1 Å². The molecule has 0 bridgehead atoms. The van der Waals surface area contributed by atoms with Crippen LogP contribution in [0.2, 0.25) is 0 Å². The highest BCUT2D eigenvalue weighted by Gasteiger charge is 2.19. The van der Waals surface area contributed by atoms with E-state index in [1.54, 1.807) is 24.3 Å². The fourth-order valence-electron chi connectivity index (χ4n) is 2.92. The van der Waals surface area contributed by atoms with Crippen LogP contribution in [0, 0.1) is 0 Å². The predicted octanol–water partition coefficient (Wildman–Crippen LogP) is 2.77. The van der Waals surface area contributed by atoms with Crippen LogP contribution in [-0.4, -0.2) is 39.5 Å². The molecule has 1 amide bonds. The first-order chi connectivity index (χ1) is 11.9. The molecule has 1 fully saturated rings. The summed E-state index contributed by atoms with van der Waals surface area (Å²) in [4.78, 5) is 21.1. The van der Waals surface area contributed by atoms with Crippen LogP contribution in [-0.2, 0) is 0 Å². The number of benzene rings is 2. The van der Waals surface area contributed by atoms with Crippen molar-refractivity contribution in [1.82, 2.24) is 5.32 Å². The van der Waals surface area contributed by atoms with Gasteiger partial charge in [0.25, 0.3) is 0 Å². The van der Waals surface area contributed by atoms with Crippen LogP contribution in [0.15, 0.2) is 36.4 Å². The number of hydrogen-bond acceptors (Lipinski definition) is 4. The largest absolute Gasteiger partial charge is 0.507 e. The van der Waals surface area contributed by atoms with E-state index in [0.29, 0.717) is 5.39 Å². The number of aromatic hydroxyl groups is 1. The highest BCUT2D eigenvalue weighted by molar-refractivity contribution is 6.06. The van der Waals surface area contributed by atoms with E-state index in [1.807, 2.05) is 6.07 Å². The number of carbonyl (C=O) groups is 2. The molecule has 7 heteroatoms. The summed E-state index contributed by atoms with van der Waals surface area (Å²) in [7, 11) is 0. The lowest BCUT2D eigenvalue weighted by atomic mass is 9.92. The second-order valence-electron chi connectivity index (χ2n) is 6.05. The minimum atomic E-state index is -1.11. The van der Waals surface area contributed by atoms with E-state index in [1.165, 1.54) is 6.07 Å². The quantitative estimate of drug-likeness (QED) is 0.568. The normalized spacial score (nSPS) is 19.6. The highest BCUT2D eigenvalue weighted by atomic mass is 16.4. The Morgan fingerprint density at radius 1 is 1.00 bits per heavy atom. The number of nitrogens with two attached hydrogens (primary N) is 1. The summed E-state index contributed by atoms with van der Waals surface area (Å²) in [6.45, 7) is 0. The monoisotopic (exact) mass is 346 g/mol. The number of carboxylic acids is 1. The molecule has 25 heavy (non-hydrogen) atoms. The van der Waals surface area contributed by atoms with E-state index in [4.69, 9.17) is 15.9 Å². The number of phenols is 1. The van der Waals surface area contributed by atoms with Gasteiger partial charge in [-0.3, -0.25) is 0 Å². The first-order valence-electron chi connectivity index (χ1n) is 8.07. The Morgan fingerprint density at radius 3 is 2.24 bits per heavy atom. The number of hydrogen-bond donors (Lipinski definition) is 5. The molecule has 0 aliphatic heterocycles. The van der Waals surface area contributed by atoms with Crippen LogP contribution in [0.25, 0.3) is 10.8 Å². The third-order valence-electron chi connectivity index (χ3n) is 4.22. The Kier molecular flexibility index (Phi) is 6.19. The van der Waals surface area contributed by atoms with Crippen molar-refractivity contribution in [1.29, 1.82) is 0 Å². The molecule has 0 atom stereocenters. The fourth-order valence-corrected chi connectivity index (χ4v) is 2.92. The zero-order valence-corrected chi connectivity index (χ0v) is 13.7. The zero-order valence-electron chi connectivity index (χ0n) is 13.7. The van der Waals surface area contributed by atoms with E-state index in [9.17, 15) is 14.7 Å². The highest BCUT2D eigenvalue weighted by Crippen LogP contribution is 2.26. The molecule has 1 saturated carbocycles. The van der Waals surface area contributed by atoms with E-state index >= 15 is 0 Å². The zero-order chi connectivity index (χ0) is 18.4. The molecule has 1 aliphatic carbocycles. The molecule has 6 N–H and O–H groups in total. The molecular formula is C18H22N2O5. The second kappa shape index (κ2) is 8.34. The molecule has 134 valence electrons. The van der Waals surface area contributed by atoms with Crippen LogP contribution >= 0.6 is 0 Å². The number of aromatic carboxylic acids is 1. The third kappa shape index (κ3) is 5.09. The number of amides is 1. The van der Waals surface area contributed by atoms with Gasteiger partial charge in [-0.25, -0.2) is 9.59 Å². The first-order valence-corrected chi connectivity index (χ1v) is 8.07. The van der Waals surface area contributed by atoms with Gasteiger partial charge in [-0.1, -0.05) is 30.3 Å². The lowest BCUT2D eigenvalue weighted by molar-refractivity contribution is 0.0696. The smallest absolute Gasteiger partial charge is 0.404 e. The molecular weight excluding hydrogens is 324 g/mol. The average molecular weight is 346 g/mol. The van der Waals surface area contributed by atoms with E-state index in [2.05, 4.69) is 5.32 Å². The van der Waals surface area contributed by atoms with Gasteiger partial charge in [0.15, 0.2) is 0 Å². The maximum absolute atomic E-state index is 10.9. The SMILES string of the molecule is NC1CCC(NC(=O)O)CC1.O=C(O)c1c(O)ccc2ccccc12. The molecule has 0 spiro atoms. The molecule has 0 aromatic heterocycles. The Hall–Kier alpha value is -2.80. The summed E-state index contributed by atoms with van der Waals surface area (Å²) in [5.41, 5.74) is 5.61. The lowest BCUT2D eigenvalue weighted by Crippen LogP contribution is -2.39. The molecule has 0 radical (unpaired) electrons. The van der Waals surface area contributed by atoms with E-state index in [0.717, 1.165) is 31.1 Å². The van der Waals surface area contributed by atoms with Gasteiger partial charge < -0.3 is 26.4 Å². The van der Waals surface area contributed by atoms with Crippen molar-refractivity contribution in [2.75, 3.05) is 0 Å². The van der Waals surface area contributed by atoms with Crippen LogP contribution in [0.4, 0.5) is 4.79 Å². The second-order valence-corrected chi connectivity index (χ2v) is 6.05. The lowest BCUT2D eigenvalue weighted by Gasteiger charge is -2.25. The molecule has 7 nitrogen and oxygen atoms in total. The molecule has 0 heterocycles. The Balaban J connectivity index is 0.000000186. The number of carboxylic acid groups (broad SMARTS) is 2. The van der Waals surface area contributed by atoms with Gasteiger partial charge in [0.2, 0.25) is 0 Å². The van der Waals surface area contributed by atoms with Gasteiger partial charge in [-0.15, -0.1) is 0 Å². The van der Waals surface area contributed by atoms with Crippen molar-refractivity contribution < 1.29 is 24.9 Å². The minimum Gasteiger partial charge on any atom is -0.507 e. The Labute approximate surface area is 145 Å². The van der Waals surface area contributed by atoms with Gasteiger partial charge in [-0.05, 0) is 42.5 Å². The average Bonchev–Trinajstić information content (AvgIpc) is 2.56. The number of nitrogens with one attached hydrogen (secondary N) is 1. The van der Waals surface area contributed by atoms with Gasteiger partial charge in [-0.2, -0.15) is 0 Å². The summed E-state index contributed by atoms with van der Waals surface area (Å²) < 4.78 is 0. The van der Waals surface area contributed by atoms with Gasteiger partial charge in [0.05, 0.1) is 0 Å². The minimum absolute atomic E-state index is 0.0388. The number of fused-ring (bicyclic) bond motifs is 1. The van der Waals surface area contributed by atoms with Crippen LogP contribution in [0.5, 0.6) is 5.75 Å². The topological polar surface area (TPSA) is 133 Å². The summed E-state index contributed by atoms with van der Waals surface area (Å²) >= 11 is 0. The maximum atomic E-state index is 10.9. The summed E-state index contributed by atoms with van der Waals surface area (Å²) in [6, 6.07) is 10.6.